The van der Waals surface area contributed by atoms with Crippen molar-refractivity contribution in [3.8, 4) is 11.8 Å². The maximum atomic E-state index is 10.4. The van der Waals surface area contributed by atoms with Crippen LogP contribution in [-0.4, -0.2) is 27.0 Å². The number of hydrogen-bond donors (Lipinski definition) is 2. The van der Waals surface area contributed by atoms with Crippen molar-refractivity contribution >= 4 is 0 Å². The lowest BCUT2D eigenvalue weighted by molar-refractivity contribution is 0.223. The van der Waals surface area contributed by atoms with E-state index in [1.165, 1.54) is 0 Å². The van der Waals surface area contributed by atoms with Crippen LogP contribution in [0.2, 0.25) is 0 Å². The van der Waals surface area contributed by atoms with Crippen molar-refractivity contribution in [3.63, 3.8) is 0 Å². The summed E-state index contributed by atoms with van der Waals surface area (Å²) in [5, 5.41) is 20.7. The summed E-state index contributed by atoms with van der Waals surface area (Å²) in [5.41, 5.74) is 1.79. The highest BCUT2D eigenvalue weighted by atomic mass is 16.6. The van der Waals surface area contributed by atoms with E-state index in [0.29, 0.717) is 6.54 Å². The van der Waals surface area contributed by atoms with Gasteiger partial charge in [-0.05, 0) is 12.8 Å². The van der Waals surface area contributed by atoms with Crippen LogP contribution < -0.4 is 0 Å². The minimum Gasteiger partial charge on any atom is -0.494 e. The molecule has 2 N–H and O–H groups in total. The molecule has 18 heavy (non-hydrogen) atoms. The molecule has 4 rings (SSSR count). The van der Waals surface area contributed by atoms with Crippen molar-refractivity contribution < 1.29 is 14.9 Å². The first-order chi connectivity index (χ1) is 8.65. The van der Waals surface area contributed by atoms with Crippen LogP contribution in [-0.2, 0) is 16.7 Å². The zero-order valence-corrected chi connectivity index (χ0v) is 10.4. The Kier molecular flexibility index (Phi) is 1.71. The summed E-state index contributed by atoms with van der Waals surface area (Å²) in [4.78, 5) is 0. The van der Waals surface area contributed by atoms with E-state index in [0.717, 1.165) is 24.0 Å². The van der Waals surface area contributed by atoms with Gasteiger partial charge in [0.15, 0.2) is 11.8 Å². The number of fused-ring (bicyclic) bond motifs is 8. The molecule has 2 bridgehead atoms. The molecule has 4 atom stereocenters. The number of nitrogens with zero attached hydrogens (tertiary/aromatic N) is 1. The van der Waals surface area contributed by atoms with Crippen LogP contribution in [0.4, 0.5) is 0 Å². The van der Waals surface area contributed by atoms with Crippen LogP contribution in [0.1, 0.15) is 36.8 Å². The Morgan fingerprint density at radius 2 is 2.28 bits per heavy atom. The van der Waals surface area contributed by atoms with Crippen molar-refractivity contribution in [1.82, 2.24) is 4.57 Å². The quantitative estimate of drug-likeness (QED) is 0.634. The lowest BCUT2D eigenvalue weighted by Gasteiger charge is -2.25. The average molecular weight is 247 g/mol. The molecule has 0 amide bonds. The van der Waals surface area contributed by atoms with Crippen LogP contribution in [0.3, 0.4) is 0 Å². The number of rotatable bonds is 3. The lowest BCUT2D eigenvalue weighted by atomic mass is 9.78. The molecule has 4 unspecified atom stereocenters. The van der Waals surface area contributed by atoms with E-state index >= 15 is 0 Å². The number of aromatic nitrogens is 1. The SMILES string of the molecule is C=CCn1c(O)c2c(c1O)C1(CC)CC2C2OC21. The molecule has 2 aliphatic carbocycles. The minimum atomic E-state index is -0.0708. The van der Waals surface area contributed by atoms with Crippen molar-refractivity contribution in [1.29, 1.82) is 0 Å². The summed E-state index contributed by atoms with van der Waals surface area (Å²) >= 11 is 0. The molecule has 1 aliphatic heterocycles. The summed E-state index contributed by atoms with van der Waals surface area (Å²) < 4.78 is 7.29. The fourth-order valence-electron chi connectivity index (χ4n) is 4.29. The summed E-state index contributed by atoms with van der Waals surface area (Å²) in [7, 11) is 0. The Morgan fingerprint density at radius 1 is 1.50 bits per heavy atom. The highest BCUT2D eigenvalue weighted by molar-refractivity contribution is 5.61. The van der Waals surface area contributed by atoms with Gasteiger partial charge in [0.25, 0.3) is 0 Å². The largest absolute Gasteiger partial charge is 0.494 e. The van der Waals surface area contributed by atoms with E-state index < -0.39 is 0 Å². The predicted octanol–water partition coefficient (Wildman–Crippen LogP) is 2.00. The van der Waals surface area contributed by atoms with Crippen molar-refractivity contribution in [2.75, 3.05) is 0 Å². The highest BCUT2D eigenvalue weighted by Crippen LogP contribution is 2.71. The van der Waals surface area contributed by atoms with Crippen molar-refractivity contribution in [3.05, 3.63) is 23.8 Å². The first-order valence-corrected chi connectivity index (χ1v) is 6.57. The molecule has 0 spiro atoms. The monoisotopic (exact) mass is 247 g/mol. The van der Waals surface area contributed by atoms with Gasteiger partial charge in [0.05, 0.1) is 12.2 Å². The van der Waals surface area contributed by atoms with Gasteiger partial charge in [-0.25, -0.2) is 0 Å². The third-order valence-corrected chi connectivity index (χ3v) is 5.11. The molecule has 0 aromatic carbocycles. The lowest BCUT2D eigenvalue weighted by Crippen LogP contribution is -2.27. The zero-order valence-electron chi connectivity index (χ0n) is 10.4. The molecule has 3 aliphatic rings. The zero-order chi connectivity index (χ0) is 12.7. The Hall–Kier alpha value is -1.42. The first-order valence-electron chi connectivity index (χ1n) is 6.57. The Balaban J connectivity index is 1.97. The van der Waals surface area contributed by atoms with Crippen molar-refractivity contribution in [2.24, 2.45) is 0 Å². The molecule has 2 fully saturated rings. The number of hydrogen-bond acceptors (Lipinski definition) is 3. The molecular formula is C14H17NO3. The van der Waals surface area contributed by atoms with Gasteiger partial charge in [-0.2, -0.15) is 0 Å². The Bertz CT molecular complexity index is 562. The smallest absolute Gasteiger partial charge is 0.198 e. The van der Waals surface area contributed by atoms with Gasteiger partial charge in [0.1, 0.15) is 0 Å². The second-order valence-corrected chi connectivity index (χ2v) is 5.68. The molecule has 4 heteroatoms. The van der Waals surface area contributed by atoms with Gasteiger partial charge >= 0.3 is 0 Å². The molecular weight excluding hydrogens is 230 g/mol. The van der Waals surface area contributed by atoms with Crippen LogP contribution in [0.25, 0.3) is 0 Å². The third-order valence-electron chi connectivity index (χ3n) is 5.11. The van der Waals surface area contributed by atoms with E-state index in [2.05, 4.69) is 13.5 Å². The van der Waals surface area contributed by atoms with Gasteiger partial charge < -0.3 is 14.9 Å². The number of allylic oxidation sites excluding steroid dienone is 1. The average Bonchev–Trinajstić information content (AvgIpc) is 2.97. The van der Waals surface area contributed by atoms with Crippen LogP contribution in [0, 0.1) is 0 Å². The second kappa shape index (κ2) is 2.94. The summed E-state index contributed by atoms with van der Waals surface area (Å²) in [5.74, 6) is 0.680. The van der Waals surface area contributed by atoms with Crippen LogP contribution in [0.5, 0.6) is 11.8 Å². The molecule has 2 heterocycles. The maximum Gasteiger partial charge on any atom is 0.198 e. The molecule has 1 aromatic heterocycles. The number of ether oxygens (including phenoxy) is 1. The molecule has 0 radical (unpaired) electrons. The van der Waals surface area contributed by atoms with Gasteiger partial charge in [0.2, 0.25) is 0 Å². The van der Waals surface area contributed by atoms with E-state index in [1.807, 2.05) is 0 Å². The van der Waals surface area contributed by atoms with Gasteiger partial charge in [0, 0.05) is 29.0 Å². The normalized spacial score (nSPS) is 38.6. The fraction of sp³-hybridized carbons (Fsp3) is 0.571. The summed E-state index contributed by atoms with van der Waals surface area (Å²) in [6.07, 6.45) is 4.17. The van der Waals surface area contributed by atoms with Crippen molar-refractivity contribution in [2.45, 2.75) is 49.9 Å². The van der Waals surface area contributed by atoms with Gasteiger partial charge in [-0.1, -0.05) is 13.0 Å². The molecule has 1 saturated carbocycles. The summed E-state index contributed by atoms with van der Waals surface area (Å²) in [6.45, 7) is 6.24. The van der Waals surface area contributed by atoms with E-state index in [9.17, 15) is 10.2 Å². The highest BCUT2D eigenvalue weighted by Gasteiger charge is 2.72. The molecule has 1 saturated heterocycles. The first kappa shape index (κ1) is 10.5. The van der Waals surface area contributed by atoms with E-state index in [-0.39, 0.29) is 35.3 Å². The third kappa shape index (κ3) is 0.870. The van der Waals surface area contributed by atoms with Crippen LogP contribution >= 0.6 is 0 Å². The Labute approximate surface area is 105 Å². The minimum absolute atomic E-state index is 0.0708. The predicted molar refractivity (Wildman–Crippen MR) is 65.9 cm³/mol. The number of aromatic hydroxyl groups is 2. The Morgan fingerprint density at radius 3 is 2.94 bits per heavy atom. The molecule has 96 valence electrons. The standard InChI is InChI=1S/C14H17NO3/c1-3-5-15-12(16)8-7-6-14(4-2,9(8)13(15)17)11-10(7)18-11/h3,7,10-11,16-17H,1,4-6H2,2H3. The molecule has 4 nitrogen and oxygen atoms in total. The molecule has 1 aromatic rings. The number of epoxide rings is 1. The summed E-state index contributed by atoms with van der Waals surface area (Å²) in [6, 6.07) is 0. The van der Waals surface area contributed by atoms with Gasteiger partial charge in [-0.3, -0.25) is 4.57 Å². The van der Waals surface area contributed by atoms with E-state index in [1.54, 1.807) is 10.6 Å². The van der Waals surface area contributed by atoms with Crippen LogP contribution in [0.15, 0.2) is 12.7 Å². The van der Waals surface area contributed by atoms with Gasteiger partial charge in [-0.15, -0.1) is 6.58 Å². The second-order valence-electron chi connectivity index (χ2n) is 5.68. The fourth-order valence-corrected chi connectivity index (χ4v) is 4.29. The van der Waals surface area contributed by atoms with E-state index in [4.69, 9.17) is 4.74 Å². The maximum absolute atomic E-state index is 10.4. The topological polar surface area (TPSA) is 57.9 Å².